The molecule has 0 rings (SSSR count). The van der Waals surface area contributed by atoms with E-state index in [1.165, 1.54) is 0 Å². The molecule has 0 aromatic heterocycles. The number of rotatable bonds is 2. The Morgan fingerprint density at radius 3 is 1.79 bits per heavy atom. The van der Waals surface area contributed by atoms with Crippen molar-refractivity contribution in [1.29, 1.82) is 0 Å². The smallest absolute Gasteiger partial charge is 0.371 e. The summed E-state index contributed by atoms with van der Waals surface area (Å²) in [7, 11) is 0. The van der Waals surface area contributed by atoms with Crippen molar-refractivity contribution in [3.63, 3.8) is 0 Å². The highest BCUT2D eigenvalue weighted by molar-refractivity contribution is 5.74. The van der Waals surface area contributed by atoms with E-state index in [0.29, 0.717) is 0 Å². The second kappa shape index (κ2) is 7.29. The molecule has 0 saturated carbocycles. The summed E-state index contributed by atoms with van der Waals surface area (Å²) in [5.41, 5.74) is 6.98. The summed E-state index contributed by atoms with van der Waals surface area (Å²) in [5.74, 6) is -0.273. The van der Waals surface area contributed by atoms with Gasteiger partial charge in [-0.3, -0.25) is 0 Å². The molecule has 0 unspecified atom stereocenters. The van der Waals surface area contributed by atoms with Crippen LogP contribution >= 0.6 is 0 Å². The second-order valence-corrected chi connectivity index (χ2v) is 4.12. The number of ether oxygens (including phenoxy) is 1. The van der Waals surface area contributed by atoms with Crippen molar-refractivity contribution < 1.29 is 45.8 Å². The number of halogens is 2. The SMILES string of the molecule is C[C@H]([NH3+])[C@@H]([NH3+])C(=O)OC(C)(C)C.[Cl-].[Cl-]. The van der Waals surface area contributed by atoms with Crippen molar-refractivity contribution in [1.82, 2.24) is 0 Å². The van der Waals surface area contributed by atoms with Crippen LogP contribution in [0.4, 0.5) is 0 Å². The average molecular weight is 247 g/mol. The van der Waals surface area contributed by atoms with E-state index in [1.807, 2.05) is 27.7 Å². The highest BCUT2D eigenvalue weighted by Crippen LogP contribution is 2.07. The van der Waals surface area contributed by atoms with E-state index in [-0.39, 0.29) is 42.9 Å². The van der Waals surface area contributed by atoms with Gasteiger partial charge in [0, 0.05) is 0 Å². The Bertz CT molecular complexity index is 169. The average Bonchev–Trinajstić information content (AvgIpc) is 1.82. The van der Waals surface area contributed by atoms with E-state index in [2.05, 4.69) is 11.5 Å². The first-order valence-corrected chi connectivity index (χ1v) is 4.13. The van der Waals surface area contributed by atoms with Gasteiger partial charge in [-0.2, -0.15) is 0 Å². The van der Waals surface area contributed by atoms with Gasteiger partial charge in [0.2, 0.25) is 6.04 Å². The molecule has 0 bridgehead atoms. The van der Waals surface area contributed by atoms with E-state index < -0.39 is 5.60 Å². The number of hydrogen-bond donors (Lipinski definition) is 2. The van der Waals surface area contributed by atoms with Crippen molar-refractivity contribution in [2.45, 2.75) is 45.4 Å². The highest BCUT2D eigenvalue weighted by atomic mass is 35.5. The fraction of sp³-hybridized carbons (Fsp3) is 0.875. The van der Waals surface area contributed by atoms with E-state index in [4.69, 9.17) is 4.74 Å². The van der Waals surface area contributed by atoms with Crippen molar-refractivity contribution in [3.05, 3.63) is 0 Å². The lowest BCUT2D eigenvalue weighted by molar-refractivity contribution is -0.514. The molecule has 0 amide bonds. The van der Waals surface area contributed by atoms with E-state index in [1.54, 1.807) is 0 Å². The van der Waals surface area contributed by atoms with Crippen LogP contribution in [0.25, 0.3) is 0 Å². The first-order chi connectivity index (χ1) is 5.24. The standard InChI is InChI=1S/C8H18N2O2.2ClH/c1-5(9)6(10)7(11)12-8(2,3)4;;/h5-6H,9-10H2,1-4H3;2*1H/t5-,6+;;/m0../s1. The summed E-state index contributed by atoms with van der Waals surface area (Å²) < 4.78 is 5.12. The summed E-state index contributed by atoms with van der Waals surface area (Å²) in [6.45, 7) is 7.36. The lowest BCUT2D eigenvalue weighted by Gasteiger charge is -2.20. The Morgan fingerprint density at radius 1 is 1.21 bits per heavy atom. The molecule has 0 spiro atoms. The van der Waals surface area contributed by atoms with Gasteiger partial charge in [0.25, 0.3) is 0 Å². The molecule has 0 fully saturated rings. The number of quaternary nitrogens is 2. The van der Waals surface area contributed by atoms with Crippen LogP contribution in [0, 0.1) is 0 Å². The summed E-state index contributed by atoms with van der Waals surface area (Å²) in [6.07, 6.45) is 0. The normalized spacial score (nSPS) is 14.4. The molecular weight excluding hydrogens is 227 g/mol. The molecule has 0 aliphatic heterocycles. The fourth-order valence-corrected chi connectivity index (χ4v) is 0.610. The van der Waals surface area contributed by atoms with Gasteiger partial charge in [0.05, 0.1) is 0 Å². The first kappa shape index (κ1) is 19.5. The molecule has 6 N–H and O–H groups in total. The Kier molecular flexibility index (Phi) is 10.2. The molecule has 4 nitrogen and oxygen atoms in total. The van der Waals surface area contributed by atoms with E-state index >= 15 is 0 Å². The van der Waals surface area contributed by atoms with Gasteiger partial charge in [-0.1, -0.05) is 0 Å². The Labute approximate surface area is 97.6 Å². The van der Waals surface area contributed by atoms with Crippen molar-refractivity contribution in [2.24, 2.45) is 0 Å². The van der Waals surface area contributed by atoms with Gasteiger partial charge in [-0.05, 0) is 27.7 Å². The lowest BCUT2D eigenvalue weighted by Crippen LogP contribution is -3.00. The van der Waals surface area contributed by atoms with Gasteiger partial charge >= 0.3 is 5.97 Å². The summed E-state index contributed by atoms with van der Waals surface area (Å²) in [5, 5.41) is 0. The van der Waals surface area contributed by atoms with Gasteiger partial charge in [0.1, 0.15) is 11.6 Å². The molecule has 0 aromatic rings. The van der Waals surface area contributed by atoms with Crippen LogP contribution in [-0.4, -0.2) is 23.7 Å². The Morgan fingerprint density at radius 2 is 1.57 bits per heavy atom. The zero-order chi connectivity index (χ0) is 9.94. The topological polar surface area (TPSA) is 81.6 Å². The summed E-state index contributed by atoms with van der Waals surface area (Å²) >= 11 is 0. The number of carbonyl (C=O) groups excluding carboxylic acids is 1. The first-order valence-electron chi connectivity index (χ1n) is 4.13. The zero-order valence-corrected chi connectivity index (χ0v) is 10.7. The van der Waals surface area contributed by atoms with Gasteiger partial charge in [0.15, 0.2) is 0 Å². The molecule has 0 aliphatic rings. The van der Waals surface area contributed by atoms with Crippen molar-refractivity contribution in [2.75, 3.05) is 0 Å². The molecule has 2 atom stereocenters. The molecular formula is C8H20Cl2N2O2. The summed E-state index contributed by atoms with van der Waals surface area (Å²) in [4.78, 5) is 11.3. The largest absolute Gasteiger partial charge is 1.00 e. The minimum Gasteiger partial charge on any atom is -1.00 e. The van der Waals surface area contributed by atoms with Crippen LogP contribution in [0.3, 0.4) is 0 Å². The maximum atomic E-state index is 11.3. The summed E-state index contributed by atoms with van der Waals surface area (Å²) in [6, 6.07) is -0.385. The molecule has 0 aromatic carbocycles. The lowest BCUT2D eigenvalue weighted by atomic mass is 10.1. The minimum absolute atomic E-state index is 0. The molecule has 0 heterocycles. The highest BCUT2D eigenvalue weighted by Gasteiger charge is 2.29. The van der Waals surface area contributed by atoms with Gasteiger partial charge in [-0.25, -0.2) is 4.79 Å². The zero-order valence-electron chi connectivity index (χ0n) is 9.14. The second-order valence-electron chi connectivity index (χ2n) is 4.12. The van der Waals surface area contributed by atoms with Crippen LogP contribution in [0.15, 0.2) is 0 Å². The predicted molar refractivity (Wildman–Crippen MR) is 44.9 cm³/mol. The maximum absolute atomic E-state index is 11.3. The fourth-order valence-electron chi connectivity index (χ4n) is 0.610. The number of carbonyl (C=O) groups is 1. The predicted octanol–water partition coefficient (Wildman–Crippen LogP) is -7.42. The van der Waals surface area contributed by atoms with Gasteiger partial charge in [-0.15, -0.1) is 0 Å². The van der Waals surface area contributed by atoms with Crippen LogP contribution in [0.2, 0.25) is 0 Å². The van der Waals surface area contributed by atoms with E-state index in [9.17, 15) is 4.79 Å². The molecule has 88 valence electrons. The van der Waals surface area contributed by atoms with Crippen molar-refractivity contribution in [3.8, 4) is 0 Å². The van der Waals surface area contributed by atoms with Crippen LogP contribution in [-0.2, 0) is 9.53 Å². The Hall–Kier alpha value is -0.0300. The molecule has 0 radical (unpaired) electrons. The minimum atomic E-state index is -0.429. The molecule has 6 heteroatoms. The van der Waals surface area contributed by atoms with Gasteiger partial charge < -0.3 is 41.0 Å². The quantitative estimate of drug-likeness (QED) is 0.475. The van der Waals surface area contributed by atoms with Crippen LogP contribution < -0.4 is 36.3 Å². The molecule has 0 aliphatic carbocycles. The monoisotopic (exact) mass is 246 g/mol. The van der Waals surface area contributed by atoms with Crippen molar-refractivity contribution >= 4 is 5.97 Å². The molecule has 0 saturated heterocycles. The third kappa shape index (κ3) is 8.56. The third-order valence-electron chi connectivity index (χ3n) is 1.40. The third-order valence-corrected chi connectivity index (χ3v) is 1.40. The Balaban J connectivity index is -0.000000605. The van der Waals surface area contributed by atoms with E-state index in [0.717, 1.165) is 0 Å². The number of hydrogen-bond acceptors (Lipinski definition) is 2. The molecule has 14 heavy (non-hydrogen) atoms. The van der Waals surface area contributed by atoms with Crippen LogP contribution in [0.1, 0.15) is 27.7 Å². The maximum Gasteiger partial charge on any atom is 0.371 e. The number of esters is 1. The van der Waals surface area contributed by atoms with Crippen LogP contribution in [0.5, 0.6) is 0 Å².